The maximum absolute atomic E-state index is 14.0. The van der Waals surface area contributed by atoms with Gasteiger partial charge in [-0.25, -0.2) is 4.79 Å². The lowest BCUT2D eigenvalue weighted by Crippen LogP contribution is -2.52. The molecule has 0 saturated carbocycles. The van der Waals surface area contributed by atoms with Crippen molar-refractivity contribution >= 4 is 23.9 Å². The molecule has 9 heteroatoms. The Balaban J connectivity index is 2.45. The Morgan fingerprint density at radius 3 is 2.20 bits per heavy atom. The molecule has 0 aliphatic rings. The summed E-state index contributed by atoms with van der Waals surface area (Å²) < 4.78 is 10.3. The highest BCUT2D eigenvalue weighted by Gasteiger charge is 2.36. The van der Waals surface area contributed by atoms with Gasteiger partial charge in [0.15, 0.2) is 0 Å². The lowest BCUT2D eigenvalue weighted by atomic mass is 9.98. The van der Waals surface area contributed by atoms with Crippen molar-refractivity contribution in [2.45, 2.75) is 72.1 Å². The number of esters is 1. The summed E-state index contributed by atoms with van der Waals surface area (Å²) in [6.45, 7) is 10.8. The molecule has 0 spiro atoms. The van der Waals surface area contributed by atoms with Crippen LogP contribution in [-0.2, 0) is 30.3 Å². The van der Waals surface area contributed by atoms with Crippen LogP contribution in [0.15, 0.2) is 48.5 Å². The van der Waals surface area contributed by atoms with Gasteiger partial charge in [0.05, 0.1) is 13.0 Å². The van der Waals surface area contributed by atoms with Gasteiger partial charge in [0.2, 0.25) is 5.91 Å². The largest absolute Gasteiger partial charge is 0.466 e. The second-order valence-electron chi connectivity index (χ2n) is 10.4. The third kappa shape index (κ3) is 10.1. The minimum Gasteiger partial charge on any atom is -0.466 e. The fraction of sp³-hybridized carbons (Fsp3) is 0.419. The van der Waals surface area contributed by atoms with Crippen molar-refractivity contribution in [2.75, 3.05) is 13.2 Å². The molecule has 0 fully saturated rings. The van der Waals surface area contributed by atoms with Crippen LogP contribution in [0.4, 0.5) is 4.79 Å². The van der Waals surface area contributed by atoms with E-state index in [2.05, 4.69) is 16.7 Å². The summed E-state index contributed by atoms with van der Waals surface area (Å²) >= 11 is 0. The number of nitrogens with zero attached hydrogens (tertiary/aromatic N) is 1. The van der Waals surface area contributed by atoms with Gasteiger partial charge < -0.3 is 20.1 Å². The molecule has 40 heavy (non-hydrogen) atoms. The van der Waals surface area contributed by atoms with E-state index < -0.39 is 41.6 Å². The van der Waals surface area contributed by atoms with Gasteiger partial charge in [0.1, 0.15) is 17.7 Å². The maximum atomic E-state index is 14.0. The average Bonchev–Trinajstić information content (AvgIpc) is 2.85. The second-order valence-corrected chi connectivity index (χ2v) is 10.4. The van der Waals surface area contributed by atoms with Crippen molar-refractivity contribution < 1.29 is 28.7 Å². The maximum Gasteiger partial charge on any atom is 0.408 e. The van der Waals surface area contributed by atoms with E-state index >= 15 is 0 Å². The van der Waals surface area contributed by atoms with Crippen LogP contribution in [-0.4, -0.2) is 53.6 Å². The molecule has 9 nitrogen and oxygen atoms in total. The Morgan fingerprint density at radius 2 is 1.65 bits per heavy atom. The van der Waals surface area contributed by atoms with Gasteiger partial charge in [-0.2, -0.15) is 0 Å². The molecule has 2 unspecified atom stereocenters. The number of hydrogen-bond acceptors (Lipinski definition) is 6. The highest BCUT2D eigenvalue weighted by molar-refractivity contribution is 5.93. The van der Waals surface area contributed by atoms with Crippen LogP contribution in [0.5, 0.6) is 0 Å². The van der Waals surface area contributed by atoms with Crippen LogP contribution in [0, 0.1) is 26.3 Å². The summed E-state index contributed by atoms with van der Waals surface area (Å²) in [7, 11) is 0. The molecule has 3 amide bonds. The monoisotopic (exact) mass is 549 g/mol. The Labute approximate surface area is 236 Å². The molecule has 2 atom stereocenters. The molecule has 0 bridgehead atoms. The summed E-state index contributed by atoms with van der Waals surface area (Å²) in [5, 5.41) is 5.33. The first kappa shape index (κ1) is 31.9. The molecule has 0 aromatic heterocycles. The van der Waals surface area contributed by atoms with Gasteiger partial charge in [0.25, 0.3) is 5.91 Å². The predicted octanol–water partition coefficient (Wildman–Crippen LogP) is 3.97. The Hall–Kier alpha value is -4.32. The molecule has 214 valence electrons. The highest BCUT2D eigenvalue weighted by Crippen LogP contribution is 2.25. The van der Waals surface area contributed by atoms with E-state index in [9.17, 15) is 19.2 Å². The fourth-order valence-electron chi connectivity index (χ4n) is 4.14. The number of alkyl carbamates (subject to hydrolysis) is 1. The molecular weight excluding hydrogens is 510 g/mol. The van der Waals surface area contributed by atoms with Crippen LogP contribution in [0.3, 0.4) is 0 Å². The van der Waals surface area contributed by atoms with Crippen molar-refractivity contribution in [1.82, 2.24) is 15.5 Å². The van der Waals surface area contributed by atoms with Crippen LogP contribution >= 0.6 is 0 Å². The van der Waals surface area contributed by atoms with Crippen molar-refractivity contribution in [3.63, 3.8) is 0 Å². The molecule has 0 heterocycles. The zero-order chi connectivity index (χ0) is 29.9. The lowest BCUT2D eigenvalue weighted by Gasteiger charge is -2.30. The van der Waals surface area contributed by atoms with Gasteiger partial charge >= 0.3 is 12.1 Å². The van der Waals surface area contributed by atoms with Crippen LogP contribution < -0.4 is 10.6 Å². The quantitative estimate of drug-likeness (QED) is 0.249. The molecule has 2 aromatic rings. The number of nitrogens with one attached hydrogen (secondary N) is 2. The molecule has 2 N–H and O–H groups in total. The third-order valence-electron chi connectivity index (χ3n) is 5.65. The first-order valence-corrected chi connectivity index (χ1v) is 13.2. The number of terminal acetylenes is 1. The van der Waals surface area contributed by atoms with E-state index in [1.807, 2.05) is 50.2 Å². The number of amides is 3. The molecule has 0 aliphatic heterocycles. The zero-order valence-corrected chi connectivity index (χ0v) is 24.1. The standard InChI is InChI=1S/C31H39N3O6/c1-8-34(29(37)25(20-23-13-11-10-12-14-23)33-30(38)40-31(5,6)7)27(24-18-21(3)17-22(4)19-24)28(36)32-16-15-26(35)39-9-2/h1,10-14,17-19,25,27H,9,15-16,20H2,2-7H3,(H,32,36)(H,33,38). The first-order chi connectivity index (χ1) is 18.8. The third-order valence-corrected chi connectivity index (χ3v) is 5.65. The number of carbonyl (C=O) groups is 4. The summed E-state index contributed by atoms with van der Waals surface area (Å²) in [6, 6.07) is 14.6. The van der Waals surface area contributed by atoms with Crippen molar-refractivity contribution in [3.8, 4) is 12.5 Å². The van der Waals surface area contributed by atoms with E-state index in [-0.39, 0.29) is 26.0 Å². The smallest absolute Gasteiger partial charge is 0.408 e. The topological polar surface area (TPSA) is 114 Å². The van der Waals surface area contributed by atoms with E-state index in [4.69, 9.17) is 15.9 Å². The fourth-order valence-corrected chi connectivity index (χ4v) is 4.14. The number of rotatable bonds is 11. The van der Waals surface area contributed by atoms with Gasteiger partial charge in [-0.3, -0.25) is 19.3 Å². The summed E-state index contributed by atoms with van der Waals surface area (Å²) in [6.07, 6.45) is 5.14. The van der Waals surface area contributed by atoms with Crippen molar-refractivity contribution in [3.05, 3.63) is 70.8 Å². The Bertz CT molecular complexity index is 1210. The molecule has 0 radical (unpaired) electrons. The zero-order valence-electron chi connectivity index (χ0n) is 24.1. The Morgan fingerprint density at radius 1 is 1.02 bits per heavy atom. The SMILES string of the molecule is C#CN(C(=O)C(Cc1ccccc1)NC(=O)OC(C)(C)C)C(C(=O)NCCC(=O)OCC)c1cc(C)cc(C)c1. The van der Waals surface area contributed by atoms with Gasteiger partial charge in [0, 0.05) is 19.0 Å². The molecule has 0 aliphatic carbocycles. The van der Waals surface area contributed by atoms with Gasteiger partial charge in [-0.1, -0.05) is 66.1 Å². The van der Waals surface area contributed by atoms with Crippen molar-refractivity contribution in [2.24, 2.45) is 0 Å². The minimum absolute atomic E-state index is 0.00479. The molecule has 0 saturated heterocycles. The van der Waals surface area contributed by atoms with E-state index in [1.54, 1.807) is 39.8 Å². The Kier molecular flexibility index (Phi) is 11.7. The summed E-state index contributed by atoms with van der Waals surface area (Å²) in [5.74, 6) is -1.70. The number of carbonyl (C=O) groups excluding carboxylic acids is 4. The first-order valence-electron chi connectivity index (χ1n) is 13.2. The lowest BCUT2D eigenvalue weighted by molar-refractivity contribution is -0.143. The van der Waals surface area contributed by atoms with Crippen LogP contribution in [0.25, 0.3) is 0 Å². The van der Waals surface area contributed by atoms with Gasteiger partial charge in [-0.15, -0.1) is 0 Å². The molecule has 2 aromatic carbocycles. The van der Waals surface area contributed by atoms with Crippen molar-refractivity contribution in [1.29, 1.82) is 0 Å². The van der Waals surface area contributed by atoms with Crippen LogP contribution in [0.2, 0.25) is 0 Å². The molecule has 2 rings (SSSR count). The van der Waals surface area contributed by atoms with E-state index in [0.29, 0.717) is 5.56 Å². The number of hydrogen-bond donors (Lipinski definition) is 2. The van der Waals surface area contributed by atoms with E-state index in [1.165, 1.54) is 0 Å². The second kappa shape index (κ2) is 14.7. The molecular formula is C31H39N3O6. The predicted molar refractivity (Wildman–Crippen MR) is 152 cm³/mol. The number of ether oxygens (including phenoxy) is 2. The summed E-state index contributed by atoms with van der Waals surface area (Å²) in [4.78, 5) is 53.0. The normalized spacial score (nSPS) is 12.3. The number of benzene rings is 2. The van der Waals surface area contributed by atoms with Crippen LogP contribution in [0.1, 0.15) is 62.4 Å². The highest BCUT2D eigenvalue weighted by atomic mass is 16.6. The minimum atomic E-state index is -1.22. The van der Waals surface area contributed by atoms with E-state index in [0.717, 1.165) is 21.6 Å². The number of aryl methyl sites for hydroxylation is 2. The summed E-state index contributed by atoms with van der Waals surface area (Å²) in [5.41, 5.74) is 2.22. The van der Waals surface area contributed by atoms with Gasteiger partial charge in [-0.05, 0) is 52.7 Å². The average molecular weight is 550 g/mol.